The highest BCUT2D eigenvalue weighted by molar-refractivity contribution is 7.80. The van der Waals surface area contributed by atoms with Crippen LogP contribution in [-0.2, 0) is 6.42 Å². The third-order valence-electron chi connectivity index (χ3n) is 3.46. The highest BCUT2D eigenvalue weighted by Crippen LogP contribution is 2.22. The van der Waals surface area contributed by atoms with Crippen LogP contribution in [0.3, 0.4) is 0 Å². The summed E-state index contributed by atoms with van der Waals surface area (Å²) in [4.78, 5) is 0.329. The molecule has 2 rings (SSSR count). The molecule has 0 unspecified atom stereocenters. The van der Waals surface area contributed by atoms with E-state index in [1.165, 1.54) is 5.56 Å². The number of nitrogens with one attached hydrogen (secondary N) is 1. The molecule has 0 bridgehead atoms. The van der Waals surface area contributed by atoms with Crippen LogP contribution in [0.4, 0.5) is 11.5 Å². The minimum atomic E-state index is 0.329. The molecule has 0 aliphatic rings. The van der Waals surface area contributed by atoms with Crippen LogP contribution in [0.1, 0.15) is 35.7 Å². The lowest BCUT2D eigenvalue weighted by molar-refractivity contribution is 0.922. The van der Waals surface area contributed by atoms with E-state index in [9.17, 15) is 0 Å². The molecule has 3 N–H and O–H groups in total. The van der Waals surface area contributed by atoms with Crippen molar-refractivity contribution in [1.82, 2.24) is 10.2 Å². The molecule has 0 aliphatic carbocycles. The van der Waals surface area contributed by atoms with Gasteiger partial charge < -0.3 is 11.1 Å². The lowest BCUT2D eigenvalue weighted by atomic mass is 10.1. The lowest BCUT2D eigenvalue weighted by Gasteiger charge is -2.13. The predicted octanol–water partition coefficient (Wildman–Crippen LogP) is 3.42. The van der Waals surface area contributed by atoms with Crippen molar-refractivity contribution in [3.63, 3.8) is 0 Å². The molecule has 0 radical (unpaired) electrons. The van der Waals surface area contributed by atoms with Gasteiger partial charge in [-0.05, 0) is 43.5 Å². The molecular formula is C16H20N4S. The minimum absolute atomic E-state index is 0.329. The van der Waals surface area contributed by atoms with Crippen molar-refractivity contribution in [2.75, 3.05) is 5.32 Å². The Kier molecular flexibility index (Phi) is 4.85. The molecule has 110 valence electrons. The van der Waals surface area contributed by atoms with Crippen molar-refractivity contribution >= 4 is 28.7 Å². The monoisotopic (exact) mass is 300 g/mol. The van der Waals surface area contributed by atoms with Gasteiger partial charge in [0.05, 0.1) is 11.3 Å². The SMILES string of the molecule is CCCc1ccc(Nc2nnc(C)c(C)c2C(N)=S)cc1. The van der Waals surface area contributed by atoms with Gasteiger partial charge in [-0.25, -0.2) is 0 Å². The summed E-state index contributed by atoms with van der Waals surface area (Å²) in [6, 6.07) is 8.29. The van der Waals surface area contributed by atoms with Gasteiger partial charge in [-0.15, -0.1) is 5.10 Å². The summed E-state index contributed by atoms with van der Waals surface area (Å²) in [7, 11) is 0. The van der Waals surface area contributed by atoms with Gasteiger partial charge in [-0.2, -0.15) is 5.10 Å². The van der Waals surface area contributed by atoms with Gasteiger partial charge in [-0.3, -0.25) is 0 Å². The van der Waals surface area contributed by atoms with Crippen molar-refractivity contribution in [3.05, 3.63) is 46.6 Å². The number of anilines is 2. The Morgan fingerprint density at radius 3 is 2.43 bits per heavy atom. The Morgan fingerprint density at radius 2 is 1.86 bits per heavy atom. The second-order valence-electron chi connectivity index (χ2n) is 5.07. The van der Waals surface area contributed by atoms with E-state index in [0.29, 0.717) is 10.8 Å². The first kappa shape index (κ1) is 15.4. The summed E-state index contributed by atoms with van der Waals surface area (Å²) in [6.07, 6.45) is 2.23. The average Bonchev–Trinajstić information content (AvgIpc) is 2.45. The van der Waals surface area contributed by atoms with E-state index >= 15 is 0 Å². The molecular weight excluding hydrogens is 280 g/mol. The number of rotatable bonds is 5. The summed E-state index contributed by atoms with van der Waals surface area (Å²) in [5, 5.41) is 11.6. The quantitative estimate of drug-likeness (QED) is 0.828. The summed E-state index contributed by atoms with van der Waals surface area (Å²) >= 11 is 5.14. The second kappa shape index (κ2) is 6.63. The number of hydrogen-bond acceptors (Lipinski definition) is 4. The Balaban J connectivity index is 2.31. The highest BCUT2D eigenvalue weighted by atomic mass is 32.1. The molecule has 21 heavy (non-hydrogen) atoms. The average molecular weight is 300 g/mol. The van der Waals surface area contributed by atoms with Gasteiger partial charge in [0.2, 0.25) is 0 Å². The van der Waals surface area contributed by atoms with Gasteiger partial charge >= 0.3 is 0 Å². The van der Waals surface area contributed by atoms with E-state index in [1.807, 2.05) is 26.0 Å². The summed E-state index contributed by atoms with van der Waals surface area (Å²) in [5.41, 5.74) is 10.7. The molecule has 0 aliphatic heterocycles. The number of nitrogens with zero attached hydrogens (tertiary/aromatic N) is 2. The zero-order valence-electron chi connectivity index (χ0n) is 12.6. The van der Waals surface area contributed by atoms with E-state index in [-0.39, 0.29) is 0 Å². The zero-order valence-corrected chi connectivity index (χ0v) is 13.4. The molecule has 0 saturated carbocycles. The number of aromatic nitrogens is 2. The van der Waals surface area contributed by atoms with E-state index < -0.39 is 0 Å². The van der Waals surface area contributed by atoms with Gasteiger partial charge in [0.25, 0.3) is 0 Å². The first-order chi connectivity index (χ1) is 10.0. The van der Waals surface area contributed by atoms with Crippen molar-refractivity contribution in [1.29, 1.82) is 0 Å². The molecule has 5 heteroatoms. The first-order valence-electron chi connectivity index (χ1n) is 7.02. The molecule has 1 aromatic heterocycles. The van der Waals surface area contributed by atoms with E-state index in [1.54, 1.807) is 0 Å². The minimum Gasteiger partial charge on any atom is -0.389 e. The highest BCUT2D eigenvalue weighted by Gasteiger charge is 2.13. The van der Waals surface area contributed by atoms with Crippen molar-refractivity contribution in [2.24, 2.45) is 5.73 Å². The maximum absolute atomic E-state index is 5.83. The standard InChI is InChI=1S/C16H20N4S/c1-4-5-12-6-8-13(9-7-12)18-16-14(15(17)21)10(2)11(3)19-20-16/h6-9H,4-5H2,1-3H3,(H2,17,21)(H,18,20). The Morgan fingerprint density at radius 1 is 1.19 bits per heavy atom. The zero-order chi connectivity index (χ0) is 15.4. The topological polar surface area (TPSA) is 63.8 Å². The molecule has 1 aromatic carbocycles. The molecule has 0 spiro atoms. The van der Waals surface area contributed by atoms with Crippen LogP contribution in [0, 0.1) is 13.8 Å². The first-order valence-corrected chi connectivity index (χ1v) is 7.43. The van der Waals surface area contributed by atoms with Crippen LogP contribution in [0.5, 0.6) is 0 Å². The maximum Gasteiger partial charge on any atom is 0.163 e. The number of aryl methyl sites for hydroxylation is 2. The number of thiocarbonyl (C=S) groups is 1. The lowest BCUT2D eigenvalue weighted by Crippen LogP contribution is -2.16. The fourth-order valence-corrected chi connectivity index (χ4v) is 2.43. The summed E-state index contributed by atoms with van der Waals surface area (Å²) in [6.45, 7) is 6.02. The van der Waals surface area contributed by atoms with Crippen LogP contribution >= 0.6 is 12.2 Å². The van der Waals surface area contributed by atoms with E-state index in [2.05, 4.69) is 34.6 Å². The van der Waals surface area contributed by atoms with Crippen LogP contribution in [0.25, 0.3) is 0 Å². The molecule has 0 saturated heterocycles. The van der Waals surface area contributed by atoms with Gasteiger partial charge in [0.15, 0.2) is 5.82 Å². The van der Waals surface area contributed by atoms with Crippen molar-refractivity contribution in [3.8, 4) is 0 Å². The molecule has 1 heterocycles. The Hall–Kier alpha value is -2.01. The summed E-state index contributed by atoms with van der Waals surface area (Å²) < 4.78 is 0. The third kappa shape index (κ3) is 3.55. The molecule has 0 amide bonds. The Labute approximate surface area is 130 Å². The number of nitrogens with two attached hydrogens (primary N) is 1. The van der Waals surface area contributed by atoms with Crippen LogP contribution < -0.4 is 11.1 Å². The van der Waals surface area contributed by atoms with E-state index in [4.69, 9.17) is 18.0 Å². The summed E-state index contributed by atoms with van der Waals surface area (Å²) in [5.74, 6) is 0.605. The molecule has 2 aromatic rings. The maximum atomic E-state index is 5.83. The molecule has 0 fully saturated rings. The van der Waals surface area contributed by atoms with Crippen LogP contribution in [0.15, 0.2) is 24.3 Å². The number of benzene rings is 1. The van der Waals surface area contributed by atoms with Gasteiger partial charge in [-0.1, -0.05) is 37.7 Å². The normalized spacial score (nSPS) is 10.4. The fourth-order valence-electron chi connectivity index (χ4n) is 2.18. The van der Waals surface area contributed by atoms with E-state index in [0.717, 1.165) is 35.3 Å². The Bertz CT molecular complexity index is 650. The van der Waals surface area contributed by atoms with Crippen molar-refractivity contribution in [2.45, 2.75) is 33.6 Å². The smallest absolute Gasteiger partial charge is 0.163 e. The predicted molar refractivity (Wildman–Crippen MR) is 91.1 cm³/mol. The van der Waals surface area contributed by atoms with Crippen molar-refractivity contribution < 1.29 is 0 Å². The van der Waals surface area contributed by atoms with Gasteiger partial charge in [0, 0.05) is 5.69 Å². The third-order valence-corrected chi connectivity index (χ3v) is 3.66. The van der Waals surface area contributed by atoms with Gasteiger partial charge in [0.1, 0.15) is 4.99 Å². The fraction of sp³-hybridized carbons (Fsp3) is 0.312. The molecule has 4 nitrogen and oxygen atoms in total. The van der Waals surface area contributed by atoms with Crippen LogP contribution in [0.2, 0.25) is 0 Å². The molecule has 0 atom stereocenters. The largest absolute Gasteiger partial charge is 0.389 e. The second-order valence-corrected chi connectivity index (χ2v) is 5.51. The number of hydrogen-bond donors (Lipinski definition) is 2. The van der Waals surface area contributed by atoms with Crippen LogP contribution in [-0.4, -0.2) is 15.2 Å².